The van der Waals surface area contributed by atoms with E-state index in [-0.39, 0.29) is 69.6 Å². The van der Waals surface area contributed by atoms with Gasteiger partial charge in [0.25, 0.3) is 0 Å². The maximum absolute atomic E-state index is 16.5. The fourth-order valence-corrected chi connectivity index (χ4v) is 6.73. The molecule has 45 heavy (non-hydrogen) atoms. The van der Waals surface area contributed by atoms with E-state index in [0.29, 0.717) is 35.3 Å². The molecule has 2 aliphatic rings. The van der Waals surface area contributed by atoms with Gasteiger partial charge in [-0.3, -0.25) is 14.4 Å². The van der Waals surface area contributed by atoms with Crippen LogP contribution in [0.3, 0.4) is 0 Å². The molecule has 1 heterocycles. The molecule has 1 N–H and O–H groups in total. The zero-order valence-electron chi connectivity index (χ0n) is 25.8. The van der Waals surface area contributed by atoms with Crippen molar-refractivity contribution in [2.75, 3.05) is 26.4 Å². The average molecular weight is 618 g/mol. The first-order valence-electron chi connectivity index (χ1n) is 15.5. The maximum atomic E-state index is 16.5. The van der Waals surface area contributed by atoms with Crippen molar-refractivity contribution >= 4 is 17.8 Å². The number of halogens is 1. The van der Waals surface area contributed by atoms with Crippen molar-refractivity contribution in [2.24, 2.45) is 17.8 Å². The lowest BCUT2D eigenvalue weighted by atomic mass is 9.61. The standard InChI is InChI=1S/C36H40FNO7/c1-3-43-33(40)16-17-44-31-15-8-7-13-27(31)28-14-9-12-26(34(28)37)19-30-29(35(41)45-21-25-10-5-4-6-11-25)18-24(2)20-36(30)23-42-22-32(39)38-36/h4-15,24,29-30H,3,16-23H2,1-2H3,(H,38,39)/t24-,29?,30?,36?/m0/s1. The molecule has 3 aromatic carbocycles. The third-order valence-electron chi connectivity index (χ3n) is 8.64. The molecule has 1 aliphatic heterocycles. The quantitative estimate of drug-likeness (QED) is 0.277. The molecule has 238 valence electrons. The summed E-state index contributed by atoms with van der Waals surface area (Å²) in [5, 5.41) is 3.16. The number of carbonyl (C=O) groups excluding carboxylic acids is 3. The molecule has 0 aromatic heterocycles. The van der Waals surface area contributed by atoms with Gasteiger partial charge in [0.15, 0.2) is 0 Å². The largest absolute Gasteiger partial charge is 0.492 e. The molecule has 0 radical (unpaired) electrons. The van der Waals surface area contributed by atoms with Gasteiger partial charge in [-0.2, -0.15) is 0 Å². The number of carbonyl (C=O) groups is 3. The van der Waals surface area contributed by atoms with E-state index in [4.69, 9.17) is 18.9 Å². The van der Waals surface area contributed by atoms with Crippen LogP contribution in [0.2, 0.25) is 0 Å². The second-order valence-corrected chi connectivity index (χ2v) is 11.9. The zero-order valence-corrected chi connectivity index (χ0v) is 25.8. The number of amides is 1. The lowest BCUT2D eigenvalue weighted by molar-refractivity contribution is -0.162. The fraction of sp³-hybridized carbons (Fsp3) is 0.417. The average Bonchev–Trinajstić information content (AvgIpc) is 3.03. The van der Waals surface area contributed by atoms with Crippen LogP contribution in [-0.4, -0.2) is 49.8 Å². The fourth-order valence-electron chi connectivity index (χ4n) is 6.73. The number of nitrogens with one attached hydrogen (secondary N) is 1. The zero-order chi connectivity index (χ0) is 31.8. The second-order valence-electron chi connectivity index (χ2n) is 11.9. The Balaban J connectivity index is 1.43. The minimum absolute atomic E-state index is 0.0528. The Kier molecular flexibility index (Phi) is 10.5. The van der Waals surface area contributed by atoms with Crippen LogP contribution in [0.5, 0.6) is 5.75 Å². The highest BCUT2D eigenvalue weighted by Gasteiger charge is 2.53. The van der Waals surface area contributed by atoms with Crippen LogP contribution in [0, 0.1) is 23.6 Å². The van der Waals surface area contributed by atoms with Crippen molar-refractivity contribution in [3.8, 4) is 16.9 Å². The Bertz CT molecular complexity index is 1500. The molecule has 2 fully saturated rings. The highest BCUT2D eigenvalue weighted by molar-refractivity contribution is 5.80. The van der Waals surface area contributed by atoms with Crippen molar-refractivity contribution < 1.29 is 37.7 Å². The van der Waals surface area contributed by atoms with Gasteiger partial charge in [-0.05, 0) is 49.3 Å². The number of ether oxygens (including phenoxy) is 4. The molecule has 1 aliphatic carbocycles. The van der Waals surface area contributed by atoms with E-state index in [1.165, 1.54) is 0 Å². The number of benzene rings is 3. The molecule has 4 atom stereocenters. The SMILES string of the molecule is CCOC(=O)CCOc1ccccc1-c1cccc(CC2C(C(=O)OCc3ccccc3)C[C@H](C)CC23COCC(=O)N3)c1F. The topological polar surface area (TPSA) is 100 Å². The summed E-state index contributed by atoms with van der Waals surface area (Å²) < 4.78 is 38.9. The Hall–Kier alpha value is -4.24. The first-order valence-corrected chi connectivity index (χ1v) is 15.5. The summed E-state index contributed by atoms with van der Waals surface area (Å²) in [6.07, 6.45) is 1.41. The van der Waals surface area contributed by atoms with E-state index in [0.717, 1.165) is 5.56 Å². The lowest BCUT2D eigenvalue weighted by Gasteiger charge is -2.51. The molecule has 9 heteroatoms. The number of rotatable bonds is 11. The normalized spacial score (nSPS) is 22.8. The first kappa shape index (κ1) is 32.2. The highest BCUT2D eigenvalue weighted by Crippen LogP contribution is 2.45. The van der Waals surface area contributed by atoms with E-state index in [9.17, 15) is 14.4 Å². The molecule has 0 bridgehead atoms. The summed E-state index contributed by atoms with van der Waals surface area (Å²) in [4.78, 5) is 38.2. The molecular weight excluding hydrogens is 577 g/mol. The number of hydrogen-bond acceptors (Lipinski definition) is 7. The second kappa shape index (κ2) is 14.7. The van der Waals surface area contributed by atoms with Crippen LogP contribution in [0.25, 0.3) is 11.1 Å². The van der Waals surface area contributed by atoms with Gasteiger partial charge in [-0.25, -0.2) is 4.39 Å². The summed E-state index contributed by atoms with van der Waals surface area (Å²) in [6.45, 7) is 4.48. The van der Waals surface area contributed by atoms with Gasteiger partial charge >= 0.3 is 11.9 Å². The van der Waals surface area contributed by atoms with Gasteiger partial charge in [0.05, 0.1) is 37.7 Å². The minimum Gasteiger partial charge on any atom is -0.492 e. The van der Waals surface area contributed by atoms with Crippen molar-refractivity contribution in [3.05, 3.63) is 89.7 Å². The van der Waals surface area contributed by atoms with Crippen LogP contribution < -0.4 is 10.1 Å². The van der Waals surface area contributed by atoms with Gasteiger partial charge < -0.3 is 24.3 Å². The predicted molar refractivity (Wildman–Crippen MR) is 166 cm³/mol. The van der Waals surface area contributed by atoms with Crippen molar-refractivity contribution in [1.82, 2.24) is 5.32 Å². The Morgan fingerprint density at radius 2 is 1.76 bits per heavy atom. The highest BCUT2D eigenvalue weighted by atomic mass is 19.1. The molecule has 1 spiro atoms. The van der Waals surface area contributed by atoms with Crippen molar-refractivity contribution in [3.63, 3.8) is 0 Å². The Morgan fingerprint density at radius 1 is 1.00 bits per heavy atom. The molecular formula is C36H40FNO7. The maximum Gasteiger partial charge on any atom is 0.309 e. The number of morpholine rings is 1. The van der Waals surface area contributed by atoms with E-state index >= 15 is 4.39 Å². The minimum atomic E-state index is -0.847. The monoisotopic (exact) mass is 617 g/mol. The van der Waals surface area contributed by atoms with Gasteiger partial charge in [0, 0.05) is 17.0 Å². The summed E-state index contributed by atoms with van der Waals surface area (Å²) in [5.41, 5.74) is 1.32. The molecule has 8 nitrogen and oxygen atoms in total. The van der Waals surface area contributed by atoms with E-state index in [1.807, 2.05) is 30.3 Å². The molecule has 3 unspecified atom stereocenters. The third kappa shape index (κ3) is 7.71. The number of esters is 2. The summed E-state index contributed by atoms with van der Waals surface area (Å²) in [6, 6.07) is 21.7. The van der Waals surface area contributed by atoms with Gasteiger partial charge in [-0.1, -0.05) is 73.7 Å². The van der Waals surface area contributed by atoms with Crippen LogP contribution in [-0.2, 0) is 41.6 Å². The van der Waals surface area contributed by atoms with E-state index in [1.54, 1.807) is 49.4 Å². The number of hydrogen-bond donors (Lipinski definition) is 1. The third-order valence-corrected chi connectivity index (χ3v) is 8.64. The van der Waals surface area contributed by atoms with Crippen molar-refractivity contribution in [1.29, 1.82) is 0 Å². The summed E-state index contributed by atoms with van der Waals surface area (Å²) >= 11 is 0. The Labute approximate surface area is 263 Å². The summed E-state index contributed by atoms with van der Waals surface area (Å²) in [5.74, 6) is -1.93. The Morgan fingerprint density at radius 3 is 2.53 bits per heavy atom. The smallest absolute Gasteiger partial charge is 0.309 e. The molecule has 5 rings (SSSR count). The summed E-state index contributed by atoms with van der Waals surface area (Å²) in [7, 11) is 0. The molecule has 1 amide bonds. The van der Waals surface area contributed by atoms with Gasteiger partial charge in [0.2, 0.25) is 5.91 Å². The molecule has 1 saturated carbocycles. The first-order chi connectivity index (χ1) is 21.8. The molecule has 3 aromatic rings. The number of para-hydroxylation sites is 1. The predicted octanol–water partition coefficient (Wildman–Crippen LogP) is 5.66. The van der Waals surface area contributed by atoms with Crippen LogP contribution in [0.4, 0.5) is 4.39 Å². The van der Waals surface area contributed by atoms with Crippen LogP contribution >= 0.6 is 0 Å². The molecule has 1 saturated heterocycles. The lowest BCUT2D eigenvalue weighted by Crippen LogP contribution is -2.66. The van der Waals surface area contributed by atoms with Crippen LogP contribution in [0.15, 0.2) is 72.8 Å². The van der Waals surface area contributed by atoms with Crippen molar-refractivity contribution in [2.45, 2.75) is 51.7 Å². The van der Waals surface area contributed by atoms with Gasteiger partial charge in [-0.15, -0.1) is 0 Å². The van der Waals surface area contributed by atoms with E-state index < -0.39 is 23.2 Å². The van der Waals surface area contributed by atoms with E-state index in [2.05, 4.69) is 12.2 Å². The van der Waals surface area contributed by atoms with Gasteiger partial charge in [0.1, 0.15) is 24.8 Å². The van der Waals surface area contributed by atoms with Crippen LogP contribution in [0.1, 0.15) is 44.2 Å².